The van der Waals surface area contributed by atoms with Crippen molar-refractivity contribution >= 4 is 25.6 Å². The monoisotopic (exact) mass is 295 g/mol. The lowest BCUT2D eigenvalue weighted by molar-refractivity contribution is -0.138. The predicted octanol–water partition coefficient (Wildman–Crippen LogP) is -0.453. The molecule has 1 aromatic carbocycles. The van der Waals surface area contributed by atoms with Crippen LogP contribution >= 0.6 is 0 Å². The number of carbonyl (C=O) groups excluding carboxylic acids is 3. The Labute approximate surface area is 128 Å². The number of fused-ring (bicyclic) bond motifs is 2. The molecule has 0 spiro atoms. The van der Waals surface area contributed by atoms with Crippen LogP contribution in [0.15, 0.2) is 12.1 Å². The number of amides is 3. The van der Waals surface area contributed by atoms with Crippen molar-refractivity contribution in [2.75, 3.05) is 0 Å². The van der Waals surface area contributed by atoms with Crippen LogP contribution in [0.1, 0.15) is 39.9 Å². The summed E-state index contributed by atoms with van der Waals surface area (Å²) in [4.78, 5) is 37.5. The highest BCUT2D eigenvalue weighted by Gasteiger charge is 2.47. The van der Waals surface area contributed by atoms with E-state index in [9.17, 15) is 14.4 Å². The minimum absolute atomic E-state index is 0.142. The number of hydrogen-bond donors (Lipinski definition) is 2. The second-order valence-corrected chi connectivity index (χ2v) is 6.07. The van der Waals surface area contributed by atoms with Gasteiger partial charge in [-0.3, -0.25) is 19.7 Å². The number of hydrogen-bond acceptors (Lipinski definition) is 4. The van der Waals surface area contributed by atoms with E-state index in [2.05, 4.69) is 10.6 Å². The molecule has 1 fully saturated rings. The molecule has 3 aliphatic heterocycles. The van der Waals surface area contributed by atoms with E-state index in [4.69, 9.17) is 7.85 Å². The average molecular weight is 295 g/mol. The van der Waals surface area contributed by atoms with E-state index in [1.165, 1.54) is 10.5 Å². The molecule has 110 valence electrons. The Morgan fingerprint density at radius 2 is 1.82 bits per heavy atom. The van der Waals surface area contributed by atoms with Gasteiger partial charge in [0.1, 0.15) is 7.85 Å². The van der Waals surface area contributed by atoms with Gasteiger partial charge < -0.3 is 10.2 Å². The molecule has 2 N–H and O–H groups in total. The quantitative estimate of drug-likeness (QED) is 0.543. The van der Waals surface area contributed by atoms with Crippen molar-refractivity contribution in [3.63, 3.8) is 0 Å². The third-order valence-electron chi connectivity index (χ3n) is 4.72. The van der Waals surface area contributed by atoms with Crippen LogP contribution in [-0.2, 0) is 29.2 Å². The summed E-state index contributed by atoms with van der Waals surface area (Å²) in [5, 5.41) is 5.48. The lowest BCUT2D eigenvalue weighted by Gasteiger charge is -2.40. The zero-order valence-corrected chi connectivity index (χ0v) is 11.9. The Kier molecular flexibility index (Phi) is 2.72. The van der Waals surface area contributed by atoms with E-state index in [-0.39, 0.29) is 24.7 Å². The zero-order chi connectivity index (χ0) is 15.5. The third-order valence-corrected chi connectivity index (χ3v) is 4.72. The topological polar surface area (TPSA) is 78.5 Å². The molecule has 0 aromatic heterocycles. The van der Waals surface area contributed by atoms with E-state index >= 15 is 0 Å². The van der Waals surface area contributed by atoms with Crippen LogP contribution in [0.25, 0.3) is 0 Å². The van der Waals surface area contributed by atoms with E-state index in [1.54, 1.807) is 0 Å². The van der Waals surface area contributed by atoms with E-state index in [0.29, 0.717) is 12.1 Å². The summed E-state index contributed by atoms with van der Waals surface area (Å²) in [5.74, 6) is -1.18. The molecule has 1 aromatic rings. The number of nitrogens with one attached hydrogen (secondary N) is 2. The fourth-order valence-corrected chi connectivity index (χ4v) is 3.41. The minimum atomic E-state index is -1.45. The maximum absolute atomic E-state index is 12.7. The van der Waals surface area contributed by atoms with Gasteiger partial charge in [-0.15, -0.1) is 0 Å². The van der Waals surface area contributed by atoms with Gasteiger partial charge in [0, 0.05) is 31.6 Å². The molecule has 3 heterocycles. The molecule has 0 saturated carbocycles. The number of rotatable bonds is 1. The van der Waals surface area contributed by atoms with Crippen molar-refractivity contribution in [3.8, 4) is 0 Å². The summed E-state index contributed by atoms with van der Waals surface area (Å²) in [7, 11) is 6.19. The lowest BCUT2D eigenvalue weighted by atomic mass is 9.70. The summed E-state index contributed by atoms with van der Waals surface area (Å²) in [6, 6.07) is 3.90. The van der Waals surface area contributed by atoms with Crippen LogP contribution < -0.4 is 10.6 Å². The van der Waals surface area contributed by atoms with Crippen LogP contribution in [0.2, 0.25) is 0 Å². The maximum Gasteiger partial charge on any atom is 0.254 e. The Hall–Kier alpha value is -2.15. The molecule has 3 amide bonds. The second-order valence-electron chi connectivity index (χ2n) is 6.07. The Bertz CT molecular complexity index is 733. The molecule has 1 atom stereocenters. The smallest absolute Gasteiger partial charge is 0.254 e. The van der Waals surface area contributed by atoms with Gasteiger partial charge in [-0.05, 0) is 29.2 Å². The Morgan fingerprint density at radius 3 is 2.55 bits per heavy atom. The molecule has 7 heteroatoms. The molecule has 22 heavy (non-hydrogen) atoms. The van der Waals surface area contributed by atoms with Crippen molar-refractivity contribution < 1.29 is 14.4 Å². The van der Waals surface area contributed by atoms with Crippen LogP contribution in [0.4, 0.5) is 0 Å². The van der Waals surface area contributed by atoms with Crippen LogP contribution in [0.5, 0.6) is 0 Å². The van der Waals surface area contributed by atoms with Crippen molar-refractivity contribution in [1.82, 2.24) is 15.5 Å². The Balaban J connectivity index is 1.70. The van der Waals surface area contributed by atoms with Crippen LogP contribution in [-0.4, -0.2) is 35.9 Å². The van der Waals surface area contributed by atoms with Gasteiger partial charge in [-0.1, -0.05) is 6.07 Å². The summed E-state index contributed by atoms with van der Waals surface area (Å²) >= 11 is 0. The fraction of sp³-hybridized carbons (Fsp3) is 0.400. The molecule has 0 bridgehead atoms. The summed E-state index contributed by atoms with van der Waals surface area (Å²) in [6.07, 6.45) is 0.293. The van der Waals surface area contributed by atoms with E-state index < -0.39 is 11.3 Å². The van der Waals surface area contributed by atoms with Crippen LogP contribution in [0.3, 0.4) is 0 Å². The molecule has 1 saturated heterocycles. The molecular weight excluding hydrogens is 281 g/mol. The first-order valence-corrected chi connectivity index (χ1v) is 7.29. The van der Waals surface area contributed by atoms with Crippen molar-refractivity contribution in [1.29, 1.82) is 0 Å². The summed E-state index contributed by atoms with van der Waals surface area (Å²) in [6.45, 7) is 1.85. The van der Waals surface area contributed by atoms with E-state index in [1.807, 2.05) is 12.1 Å². The predicted molar refractivity (Wildman–Crippen MR) is 77.7 cm³/mol. The van der Waals surface area contributed by atoms with E-state index in [0.717, 1.165) is 24.2 Å². The van der Waals surface area contributed by atoms with Crippen molar-refractivity contribution in [2.24, 2.45) is 0 Å². The summed E-state index contributed by atoms with van der Waals surface area (Å²) in [5.41, 5.74) is 2.34. The Morgan fingerprint density at radius 1 is 1.09 bits per heavy atom. The first kappa shape index (κ1) is 13.5. The number of piperidine rings is 1. The number of imide groups is 1. The lowest BCUT2D eigenvalue weighted by Crippen LogP contribution is -2.63. The van der Waals surface area contributed by atoms with Gasteiger partial charge in [-0.25, -0.2) is 0 Å². The standard InChI is InChI=1S/C15H14BN3O3/c16-15(2-1-12(20)18-14(15)22)19-7-10-3-8-5-17-6-9(8)4-11(10)13(19)21/h3-4,17H,1-2,5-7H2,(H,18,20,22). The normalized spacial score (nSPS) is 26.9. The average Bonchev–Trinajstić information content (AvgIpc) is 3.06. The van der Waals surface area contributed by atoms with Gasteiger partial charge in [0.2, 0.25) is 11.8 Å². The SMILES string of the molecule is [B]C1(N2Cc3cc4c(cc3C2=O)CNC4)CCC(=O)NC1=O. The number of nitrogens with zero attached hydrogens (tertiary/aromatic N) is 1. The van der Waals surface area contributed by atoms with Crippen LogP contribution in [0, 0.1) is 0 Å². The minimum Gasteiger partial charge on any atom is -0.328 e. The zero-order valence-electron chi connectivity index (χ0n) is 11.9. The highest BCUT2D eigenvalue weighted by Crippen LogP contribution is 2.34. The highest BCUT2D eigenvalue weighted by atomic mass is 16.2. The number of carbonyl (C=O) groups is 3. The van der Waals surface area contributed by atoms with Gasteiger partial charge >= 0.3 is 0 Å². The van der Waals surface area contributed by atoms with Gasteiger partial charge in [0.25, 0.3) is 5.91 Å². The molecule has 6 nitrogen and oxygen atoms in total. The van der Waals surface area contributed by atoms with Gasteiger partial charge in [0.05, 0.1) is 5.44 Å². The van der Waals surface area contributed by atoms with Crippen molar-refractivity contribution in [3.05, 3.63) is 34.4 Å². The molecule has 0 aliphatic carbocycles. The summed E-state index contributed by atoms with van der Waals surface area (Å²) < 4.78 is 0. The fourth-order valence-electron chi connectivity index (χ4n) is 3.41. The first-order valence-electron chi connectivity index (χ1n) is 7.29. The van der Waals surface area contributed by atoms with Gasteiger partial charge in [-0.2, -0.15) is 0 Å². The highest BCUT2D eigenvalue weighted by molar-refractivity contribution is 6.32. The molecular formula is C15H14BN3O3. The molecule has 1 unspecified atom stereocenters. The molecule has 3 aliphatic rings. The van der Waals surface area contributed by atoms with Gasteiger partial charge in [0.15, 0.2) is 0 Å². The first-order chi connectivity index (χ1) is 10.5. The third kappa shape index (κ3) is 1.75. The number of benzene rings is 1. The second kappa shape index (κ2) is 4.43. The molecule has 2 radical (unpaired) electrons. The molecule has 4 rings (SSSR count). The maximum atomic E-state index is 12.7. The largest absolute Gasteiger partial charge is 0.328 e. The van der Waals surface area contributed by atoms with Crippen molar-refractivity contribution in [2.45, 2.75) is 37.9 Å².